The van der Waals surface area contributed by atoms with Crippen LogP contribution >= 0.6 is 11.6 Å². The Balaban J connectivity index is 1.67. The Hall–Kier alpha value is -2.33. The zero-order chi connectivity index (χ0) is 20.3. The van der Waals surface area contributed by atoms with Gasteiger partial charge in [0.05, 0.1) is 10.6 Å². The molecule has 2 aromatic rings. The van der Waals surface area contributed by atoms with Crippen molar-refractivity contribution in [2.24, 2.45) is 0 Å². The van der Waals surface area contributed by atoms with Crippen LogP contribution in [0.15, 0.2) is 48.5 Å². The second-order valence-corrected chi connectivity index (χ2v) is 8.65. The monoisotopic (exact) mass is 398 g/mol. The van der Waals surface area contributed by atoms with E-state index in [1.807, 2.05) is 41.3 Å². The van der Waals surface area contributed by atoms with Crippen LogP contribution in [0.5, 0.6) is 0 Å². The molecule has 5 heteroatoms. The summed E-state index contributed by atoms with van der Waals surface area (Å²) in [6.07, 6.45) is 0.752. The van der Waals surface area contributed by atoms with E-state index in [-0.39, 0.29) is 17.2 Å². The molecule has 2 aromatic carbocycles. The predicted octanol–water partition coefficient (Wildman–Crippen LogP) is 4.63. The Kier molecular flexibility index (Phi) is 6.09. The fourth-order valence-corrected chi connectivity index (χ4v) is 3.64. The van der Waals surface area contributed by atoms with E-state index in [1.165, 1.54) is 5.56 Å². The maximum absolute atomic E-state index is 12.9. The van der Waals surface area contributed by atoms with Gasteiger partial charge in [-0.2, -0.15) is 0 Å². The number of benzene rings is 2. The van der Waals surface area contributed by atoms with E-state index < -0.39 is 0 Å². The summed E-state index contributed by atoms with van der Waals surface area (Å²) in [4.78, 5) is 29.3. The van der Waals surface area contributed by atoms with E-state index in [9.17, 15) is 9.59 Å². The molecule has 0 unspecified atom stereocenters. The molecule has 1 aliphatic heterocycles. The molecule has 0 radical (unpaired) electrons. The summed E-state index contributed by atoms with van der Waals surface area (Å²) in [5.74, 6) is -0.0538. The minimum Gasteiger partial charge on any atom is -0.337 e. The number of amides is 2. The molecule has 1 saturated heterocycles. The number of rotatable bonds is 2. The van der Waals surface area contributed by atoms with Crippen LogP contribution in [0.1, 0.15) is 53.5 Å². The van der Waals surface area contributed by atoms with Crippen molar-refractivity contribution in [2.75, 3.05) is 26.2 Å². The van der Waals surface area contributed by atoms with Gasteiger partial charge in [0, 0.05) is 31.7 Å². The Morgan fingerprint density at radius 1 is 0.821 bits per heavy atom. The molecule has 0 aromatic heterocycles. The Morgan fingerprint density at radius 2 is 1.39 bits per heavy atom. The van der Waals surface area contributed by atoms with Gasteiger partial charge in [-0.25, -0.2) is 0 Å². The van der Waals surface area contributed by atoms with Crippen LogP contribution in [0.2, 0.25) is 5.02 Å². The second kappa shape index (κ2) is 8.36. The molecule has 1 fully saturated rings. The molecule has 3 rings (SSSR count). The van der Waals surface area contributed by atoms with E-state index in [4.69, 9.17) is 11.6 Å². The lowest BCUT2D eigenvalue weighted by Gasteiger charge is -2.23. The van der Waals surface area contributed by atoms with Crippen molar-refractivity contribution in [3.05, 3.63) is 70.2 Å². The van der Waals surface area contributed by atoms with Gasteiger partial charge in [0.2, 0.25) is 0 Å². The summed E-state index contributed by atoms with van der Waals surface area (Å²) in [5.41, 5.74) is 2.47. The van der Waals surface area contributed by atoms with Crippen molar-refractivity contribution in [3.8, 4) is 0 Å². The Morgan fingerprint density at radius 3 is 1.96 bits per heavy atom. The van der Waals surface area contributed by atoms with Crippen molar-refractivity contribution in [1.29, 1.82) is 0 Å². The molecule has 0 N–H and O–H groups in total. The summed E-state index contributed by atoms with van der Waals surface area (Å²) in [5, 5.41) is 0.462. The molecule has 0 spiro atoms. The molecule has 0 atom stereocenters. The van der Waals surface area contributed by atoms with Crippen molar-refractivity contribution >= 4 is 23.4 Å². The van der Waals surface area contributed by atoms with Gasteiger partial charge in [0.25, 0.3) is 11.8 Å². The van der Waals surface area contributed by atoms with Crippen LogP contribution in [0, 0.1) is 0 Å². The van der Waals surface area contributed by atoms with Crippen LogP contribution in [0.3, 0.4) is 0 Å². The predicted molar refractivity (Wildman–Crippen MR) is 113 cm³/mol. The minimum absolute atomic E-state index is 0.0208. The number of hydrogen-bond donors (Lipinski definition) is 0. The van der Waals surface area contributed by atoms with Gasteiger partial charge in [-0.3, -0.25) is 9.59 Å². The maximum atomic E-state index is 12.9. The first-order chi connectivity index (χ1) is 13.3. The Labute approximate surface area is 172 Å². The molecular weight excluding hydrogens is 372 g/mol. The fourth-order valence-electron chi connectivity index (χ4n) is 3.42. The normalized spacial score (nSPS) is 15.3. The summed E-state index contributed by atoms with van der Waals surface area (Å²) in [6, 6.07) is 15.0. The van der Waals surface area contributed by atoms with Gasteiger partial charge >= 0.3 is 0 Å². The molecule has 28 heavy (non-hydrogen) atoms. The first-order valence-electron chi connectivity index (χ1n) is 9.71. The highest BCUT2D eigenvalue weighted by Crippen LogP contribution is 2.23. The number of carbonyl (C=O) groups excluding carboxylic acids is 2. The molecule has 1 aliphatic rings. The average Bonchev–Trinajstić information content (AvgIpc) is 2.93. The second-order valence-electron chi connectivity index (χ2n) is 8.25. The van der Waals surface area contributed by atoms with Crippen molar-refractivity contribution in [1.82, 2.24) is 9.80 Å². The lowest BCUT2D eigenvalue weighted by atomic mass is 9.86. The van der Waals surface area contributed by atoms with Gasteiger partial charge in [0.1, 0.15) is 0 Å². The number of hydrogen-bond acceptors (Lipinski definition) is 2. The van der Waals surface area contributed by atoms with Crippen molar-refractivity contribution < 1.29 is 9.59 Å². The largest absolute Gasteiger partial charge is 0.337 e. The van der Waals surface area contributed by atoms with Crippen molar-refractivity contribution in [3.63, 3.8) is 0 Å². The first kappa shape index (κ1) is 20.4. The molecular formula is C23H27ClN2O2. The van der Waals surface area contributed by atoms with Crippen LogP contribution < -0.4 is 0 Å². The standard InChI is InChI=1S/C23H27ClN2O2/c1-23(2,3)18-11-9-17(10-12-18)21(27)25-13-6-14-26(16-15-25)22(28)19-7-4-5-8-20(19)24/h4-5,7-12H,6,13-16H2,1-3H3. The van der Waals surface area contributed by atoms with Gasteiger partial charge in [-0.1, -0.05) is 56.6 Å². The van der Waals surface area contributed by atoms with Crippen LogP contribution in [0.4, 0.5) is 0 Å². The third kappa shape index (κ3) is 4.56. The molecule has 2 amide bonds. The smallest absolute Gasteiger partial charge is 0.255 e. The van der Waals surface area contributed by atoms with E-state index in [2.05, 4.69) is 20.8 Å². The number of halogens is 1. The third-order valence-electron chi connectivity index (χ3n) is 5.17. The fraction of sp³-hybridized carbons (Fsp3) is 0.391. The molecule has 0 saturated carbocycles. The van der Waals surface area contributed by atoms with E-state index in [0.717, 1.165) is 6.42 Å². The highest BCUT2D eigenvalue weighted by atomic mass is 35.5. The Bertz CT molecular complexity index is 856. The summed E-state index contributed by atoms with van der Waals surface area (Å²) < 4.78 is 0. The number of nitrogens with zero attached hydrogens (tertiary/aromatic N) is 2. The third-order valence-corrected chi connectivity index (χ3v) is 5.50. The molecule has 148 valence electrons. The summed E-state index contributed by atoms with van der Waals surface area (Å²) in [7, 11) is 0. The topological polar surface area (TPSA) is 40.6 Å². The molecule has 4 nitrogen and oxygen atoms in total. The summed E-state index contributed by atoms with van der Waals surface area (Å²) in [6.45, 7) is 8.77. The van der Waals surface area contributed by atoms with Gasteiger partial charge in [-0.05, 0) is 41.7 Å². The van der Waals surface area contributed by atoms with E-state index in [1.54, 1.807) is 17.0 Å². The van der Waals surface area contributed by atoms with Crippen LogP contribution in [0.25, 0.3) is 0 Å². The van der Waals surface area contributed by atoms with Crippen LogP contribution in [-0.4, -0.2) is 47.8 Å². The maximum Gasteiger partial charge on any atom is 0.255 e. The lowest BCUT2D eigenvalue weighted by Crippen LogP contribution is -2.37. The highest BCUT2D eigenvalue weighted by Gasteiger charge is 2.24. The zero-order valence-electron chi connectivity index (χ0n) is 16.7. The average molecular weight is 399 g/mol. The number of carbonyl (C=O) groups is 2. The van der Waals surface area contributed by atoms with E-state index >= 15 is 0 Å². The van der Waals surface area contributed by atoms with Gasteiger partial charge < -0.3 is 9.80 Å². The minimum atomic E-state index is -0.0746. The quantitative estimate of drug-likeness (QED) is 0.740. The molecule has 0 aliphatic carbocycles. The first-order valence-corrected chi connectivity index (χ1v) is 10.1. The van der Waals surface area contributed by atoms with Gasteiger partial charge in [-0.15, -0.1) is 0 Å². The molecule has 1 heterocycles. The van der Waals surface area contributed by atoms with E-state index in [0.29, 0.717) is 42.3 Å². The summed E-state index contributed by atoms with van der Waals surface area (Å²) >= 11 is 6.17. The highest BCUT2D eigenvalue weighted by molar-refractivity contribution is 6.33. The molecule has 0 bridgehead atoms. The SMILES string of the molecule is CC(C)(C)c1ccc(C(=O)N2CCCN(C(=O)c3ccccc3Cl)CC2)cc1. The lowest BCUT2D eigenvalue weighted by molar-refractivity contribution is 0.0719. The van der Waals surface area contributed by atoms with Gasteiger partial charge in [0.15, 0.2) is 0 Å². The van der Waals surface area contributed by atoms with Crippen LogP contribution in [-0.2, 0) is 5.41 Å². The zero-order valence-corrected chi connectivity index (χ0v) is 17.5. The van der Waals surface area contributed by atoms with Crippen molar-refractivity contribution in [2.45, 2.75) is 32.6 Å².